The lowest BCUT2D eigenvalue weighted by atomic mass is 9.74. The first-order valence-corrected chi connectivity index (χ1v) is 18.7. The SMILES string of the molecule is C#CCCN(C)[C@H]1C[C@@H](C)O[C@@H](O[C@@H]2[C@@H](C)C(=O)[C@@H](C)C(=O)O[C@H](CC)[C@@](C)(O)[C@H](O)[C@@H](C)/C(=N/OC3CCNCC3)[C@H](C)C[C@@]2(C)OC)[C@@H]1O. The van der Waals surface area contributed by atoms with E-state index in [2.05, 4.69) is 16.4 Å². The molecule has 0 bridgehead atoms. The van der Waals surface area contributed by atoms with Crippen molar-refractivity contribution in [3.05, 3.63) is 0 Å². The summed E-state index contributed by atoms with van der Waals surface area (Å²) in [7, 11) is 3.42. The van der Waals surface area contributed by atoms with E-state index in [1.807, 2.05) is 32.7 Å². The van der Waals surface area contributed by atoms with Crippen LogP contribution < -0.4 is 5.32 Å². The number of ketones is 1. The maximum absolute atomic E-state index is 14.2. The number of aliphatic hydroxyl groups excluding tert-OH is 2. The zero-order chi connectivity index (χ0) is 38.3. The van der Waals surface area contributed by atoms with Crippen molar-refractivity contribution in [3.63, 3.8) is 0 Å². The van der Waals surface area contributed by atoms with Gasteiger partial charge in [-0.3, -0.25) is 14.5 Å². The van der Waals surface area contributed by atoms with Gasteiger partial charge in [-0.15, -0.1) is 12.3 Å². The molecule has 0 aliphatic carbocycles. The zero-order valence-corrected chi connectivity index (χ0v) is 32.5. The van der Waals surface area contributed by atoms with E-state index < -0.39 is 77.3 Å². The molecule has 0 radical (unpaired) electrons. The van der Waals surface area contributed by atoms with E-state index in [1.54, 1.807) is 20.8 Å². The molecule has 13 heteroatoms. The Labute approximate surface area is 305 Å². The van der Waals surface area contributed by atoms with E-state index in [9.17, 15) is 24.9 Å². The van der Waals surface area contributed by atoms with Crippen molar-refractivity contribution in [2.45, 2.75) is 154 Å². The molecule has 0 saturated carbocycles. The highest BCUT2D eigenvalue weighted by Gasteiger charge is 2.51. The van der Waals surface area contributed by atoms with Crippen LogP contribution in [0, 0.1) is 36.0 Å². The van der Waals surface area contributed by atoms with Crippen LogP contribution in [0.2, 0.25) is 0 Å². The molecule has 0 unspecified atom stereocenters. The summed E-state index contributed by atoms with van der Waals surface area (Å²) in [5, 5.41) is 43.1. The summed E-state index contributed by atoms with van der Waals surface area (Å²) >= 11 is 0. The molecule has 13 nitrogen and oxygen atoms in total. The minimum absolute atomic E-state index is 0.129. The Balaban J connectivity index is 2.12. The van der Waals surface area contributed by atoms with Gasteiger partial charge in [0.05, 0.1) is 29.6 Å². The average molecular weight is 724 g/mol. The molecule has 4 N–H and O–H groups in total. The number of oxime groups is 1. The molecule has 3 fully saturated rings. The summed E-state index contributed by atoms with van der Waals surface area (Å²) in [4.78, 5) is 35.8. The monoisotopic (exact) mass is 723 g/mol. The van der Waals surface area contributed by atoms with E-state index in [1.165, 1.54) is 21.0 Å². The topological polar surface area (TPSA) is 169 Å². The number of piperidine rings is 1. The molecule has 3 heterocycles. The highest BCUT2D eigenvalue weighted by Crippen LogP contribution is 2.39. The molecule has 0 amide bonds. The van der Waals surface area contributed by atoms with Gasteiger partial charge in [-0.25, -0.2) is 0 Å². The number of ether oxygens (including phenoxy) is 4. The summed E-state index contributed by atoms with van der Waals surface area (Å²) in [6.45, 7) is 15.9. The summed E-state index contributed by atoms with van der Waals surface area (Å²) in [6.07, 6.45) is 2.33. The molecule has 0 aromatic carbocycles. The number of nitrogens with one attached hydrogen (secondary N) is 1. The maximum Gasteiger partial charge on any atom is 0.316 e. The van der Waals surface area contributed by atoms with Crippen molar-refractivity contribution in [1.29, 1.82) is 0 Å². The van der Waals surface area contributed by atoms with Gasteiger partial charge in [0.15, 0.2) is 12.1 Å². The van der Waals surface area contributed by atoms with Crippen molar-refractivity contribution in [3.8, 4) is 12.3 Å². The summed E-state index contributed by atoms with van der Waals surface area (Å²) in [6, 6.07) is -0.328. The van der Waals surface area contributed by atoms with E-state index in [4.69, 9.17) is 30.2 Å². The number of rotatable bonds is 9. The van der Waals surface area contributed by atoms with Gasteiger partial charge in [0.1, 0.15) is 29.8 Å². The lowest BCUT2D eigenvalue weighted by Gasteiger charge is -2.47. The Kier molecular flexibility index (Phi) is 15.9. The minimum Gasteiger partial charge on any atom is -0.459 e. The Morgan fingerprint density at radius 2 is 1.75 bits per heavy atom. The third-order valence-electron chi connectivity index (χ3n) is 11.4. The van der Waals surface area contributed by atoms with Crippen molar-refractivity contribution in [2.24, 2.45) is 28.8 Å². The van der Waals surface area contributed by atoms with Crippen LogP contribution in [0.4, 0.5) is 0 Å². The molecule has 3 saturated heterocycles. The fourth-order valence-corrected chi connectivity index (χ4v) is 7.98. The number of Topliss-reactive ketones (excluding diaryl/α,β-unsaturated/α-hetero) is 1. The lowest BCUT2D eigenvalue weighted by molar-refractivity contribution is -0.295. The predicted molar refractivity (Wildman–Crippen MR) is 193 cm³/mol. The van der Waals surface area contributed by atoms with Crippen molar-refractivity contribution in [1.82, 2.24) is 10.2 Å². The van der Waals surface area contributed by atoms with E-state index in [0.717, 1.165) is 25.9 Å². The number of cyclic esters (lactones) is 1. The quantitative estimate of drug-likeness (QED) is 0.119. The van der Waals surface area contributed by atoms with Gasteiger partial charge in [-0.05, 0) is 79.9 Å². The van der Waals surface area contributed by atoms with Gasteiger partial charge in [-0.1, -0.05) is 32.9 Å². The van der Waals surface area contributed by atoms with E-state index in [-0.39, 0.29) is 31.1 Å². The number of terminal acetylenes is 1. The van der Waals surface area contributed by atoms with Crippen LogP contribution in [0.5, 0.6) is 0 Å². The normalized spacial score (nSPS) is 41.9. The summed E-state index contributed by atoms with van der Waals surface area (Å²) < 4.78 is 24.9. The fourth-order valence-electron chi connectivity index (χ4n) is 7.98. The lowest BCUT2D eigenvalue weighted by Crippen LogP contribution is -2.60. The van der Waals surface area contributed by atoms with Crippen LogP contribution in [-0.4, -0.2) is 132 Å². The van der Waals surface area contributed by atoms with Crippen LogP contribution >= 0.6 is 0 Å². The molecule has 3 aliphatic rings. The first-order valence-electron chi connectivity index (χ1n) is 18.7. The Bertz CT molecular complexity index is 1220. The van der Waals surface area contributed by atoms with Crippen LogP contribution in [0.15, 0.2) is 5.16 Å². The van der Waals surface area contributed by atoms with Gasteiger partial charge < -0.3 is 44.4 Å². The fraction of sp³-hybridized carbons (Fsp3) is 0.868. The second-order valence-electron chi connectivity index (χ2n) is 15.5. The standard InChI is InChI=1S/C38H65N3O10/c1-12-14-19-41(10)28-20-23(4)48-36(32(28)43)50-34-25(6)31(42)26(7)35(45)49-29(13-2)38(9,46)33(44)24(5)30(22(3)21-37(34,8)47-11)40-51-27-15-17-39-18-16-27/h1,22-29,32-34,36,39,43-44,46H,13-21H2,2-11H3/b40-30+/t22-,23-,24+,25+,26-,28+,29-,32-,33-,34-,36+,37-,38-/m1/s1. The largest absolute Gasteiger partial charge is 0.459 e. The van der Waals surface area contributed by atoms with Crippen LogP contribution in [0.3, 0.4) is 0 Å². The molecule has 51 heavy (non-hydrogen) atoms. The molecule has 0 aromatic heterocycles. The molecular formula is C38H65N3O10. The molecule has 3 rings (SSSR count). The number of likely N-dealkylation sites (N-methyl/N-ethyl adjacent to an activating group) is 1. The third kappa shape index (κ3) is 10.3. The van der Waals surface area contributed by atoms with Crippen molar-refractivity contribution in [2.75, 3.05) is 33.8 Å². The van der Waals surface area contributed by atoms with E-state index >= 15 is 0 Å². The molecule has 13 atom stereocenters. The maximum atomic E-state index is 14.2. The summed E-state index contributed by atoms with van der Waals surface area (Å²) in [5.41, 5.74) is -2.62. The van der Waals surface area contributed by atoms with Crippen molar-refractivity contribution >= 4 is 17.5 Å². The zero-order valence-electron chi connectivity index (χ0n) is 32.5. The molecular weight excluding hydrogens is 658 g/mol. The first kappa shape index (κ1) is 43.3. The number of carbonyl (C=O) groups is 2. The van der Waals surface area contributed by atoms with Crippen molar-refractivity contribution < 1.29 is 48.7 Å². The number of esters is 1. The highest BCUT2D eigenvalue weighted by molar-refractivity contribution is 6.00. The van der Waals surface area contributed by atoms with E-state index in [0.29, 0.717) is 25.1 Å². The highest BCUT2D eigenvalue weighted by atomic mass is 16.7. The Hall–Kier alpha value is -2.15. The molecule has 0 spiro atoms. The Morgan fingerprint density at radius 1 is 1.10 bits per heavy atom. The van der Waals surface area contributed by atoms with Gasteiger partial charge in [0.25, 0.3) is 0 Å². The van der Waals surface area contributed by atoms with Gasteiger partial charge >= 0.3 is 5.97 Å². The average Bonchev–Trinajstić information content (AvgIpc) is 3.11. The molecule has 3 aliphatic heterocycles. The number of methoxy groups -OCH3 is 1. The Morgan fingerprint density at radius 3 is 2.33 bits per heavy atom. The predicted octanol–water partition coefficient (Wildman–Crippen LogP) is 2.67. The van der Waals surface area contributed by atoms with Crippen LogP contribution in [0.1, 0.15) is 93.9 Å². The van der Waals surface area contributed by atoms with Gasteiger partial charge in [0, 0.05) is 43.9 Å². The first-order chi connectivity index (χ1) is 23.9. The summed E-state index contributed by atoms with van der Waals surface area (Å²) in [5.74, 6) is -1.99. The number of aliphatic hydroxyl groups is 3. The van der Waals surface area contributed by atoms with Crippen LogP contribution in [-0.2, 0) is 33.4 Å². The number of hydrogen-bond donors (Lipinski definition) is 4. The second-order valence-corrected chi connectivity index (χ2v) is 15.5. The van der Waals surface area contributed by atoms with Crippen LogP contribution in [0.25, 0.3) is 0 Å². The minimum atomic E-state index is -1.89. The smallest absolute Gasteiger partial charge is 0.316 e. The van der Waals surface area contributed by atoms with Gasteiger partial charge in [0.2, 0.25) is 0 Å². The number of carbonyl (C=O) groups excluding carboxylic acids is 2. The molecule has 0 aromatic rings. The van der Waals surface area contributed by atoms with Gasteiger partial charge in [-0.2, -0.15) is 0 Å². The number of hydrogen-bond acceptors (Lipinski definition) is 13. The second kappa shape index (κ2) is 18.7. The number of nitrogens with zero attached hydrogens (tertiary/aromatic N) is 2. The molecule has 292 valence electrons. The third-order valence-corrected chi connectivity index (χ3v) is 11.4.